The van der Waals surface area contributed by atoms with Gasteiger partial charge in [0.15, 0.2) is 0 Å². The van der Waals surface area contributed by atoms with Crippen LogP contribution in [0, 0.1) is 10.1 Å². The molecule has 9 nitrogen and oxygen atoms in total. The molecule has 4 rings (SSSR count). The number of nitrogens with one attached hydrogen (secondary N) is 2. The number of benzene rings is 2. The van der Waals surface area contributed by atoms with Gasteiger partial charge >= 0.3 is 0 Å². The molecule has 0 spiro atoms. The van der Waals surface area contributed by atoms with Gasteiger partial charge in [-0.25, -0.2) is 0 Å². The van der Waals surface area contributed by atoms with E-state index in [9.17, 15) is 19.7 Å². The summed E-state index contributed by atoms with van der Waals surface area (Å²) in [6.45, 7) is 3.04. The summed E-state index contributed by atoms with van der Waals surface area (Å²) in [6.07, 6.45) is 0.224. The lowest BCUT2D eigenvalue weighted by atomic mass is 10.2. The van der Waals surface area contributed by atoms with Crippen LogP contribution in [0.15, 0.2) is 54.6 Å². The van der Waals surface area contributed by atoms with Gasteiger partial charge in [0.25, 0.3) is 11.6 Å². The first-order valence-electron chi connectivity index (χ1n) is 10.1. The highest BCUT2D eigenvalue weighted by Gasteiger charge is 2.24. The summed E-state index contributed by atoms with van der Waals surface area (Å²) in [5.41, 5.74) is 1.60. The van der Waals surface area contributed by atoms with Crippen LogP contribution < -0.4 is 5.32 Å². The molecule has 0 aliphatic carbocycles. The Morgan fingerprint density at radius 1 is 1.03 bits per heavy atom. The Balaban J connectivity index is 1.26. The minimum Gasteiger partial charge on any atom is -0.351 e. The third kappa shape index (κ3) is 4.72. The van der Waals surface area contributed by atoms with Crippen LogP contribution >= 0.6 is 0 Å². The first-order valence-corrected chi connectivity index (χ1v) is 10.1. The number of hydrogen-bond acceptors (Lipinski definition) is 5. The number of hydrogen-bond donors (Lipinski definition) is 2. The van der Waals surface area contributed by atoms with Gasteiger partial charge in [-0.3, -0.25) is 24.6 Å². The van der Waals surface area contributed by atoms with Gasteiger partial charge in [0.2, 0.25) is 5.91 Å². The predicted octanol–water partition coefficient (Wildman–Crippen LogP) is 2.86. The van der Waals surface area contributed by atoms with Crippen LogP contribution in [-0.4, -0.2) is 64.2 Å². The van der Waals surface area contributed by atoms with Gasteiger partial charge in [0.05, 0.1) is 4.92 Å². The minimum absolute atomic E-state index is 0.0232. The molecule has 1 saturated heterocycles. The smallest absolute Gasteiger partial charge is 0.292 e. The molecule has 2 aromatic carbocycles. The molecule has 1 aromatic heterocycles. The Bertz CT molecular complexity index is 1080. The Kier molecular flexibility index (Phi) is 5.94. The number of fused-ring (bicyclic) bond motifs is 1. The number of piperazine rings is 1. The fourth-order valence-corrected chi connectivity index (χ4v) is 3.74. The van der Waals surface area contributed by atoms with Crippen LogP contribution in [-0.2, 0) is 4.79 Å². The van der Waals surface area contributed by atoms with Crippen molar-refractivity contribution in [2.75, 3.05) is 38.0 Å². The van der Waals surface area contributed by atoms with E-state index in [1.807, 2.05) is 35.2 Å². The lowest BCUT2D eigenvalue weighted by molar-refractivity contribution is -0.383. The maximum atomic E-state index is 12.8. The van der Waals surface area contributed by atoms with Crippen molar-refractivity contribution in [3.63, 3.8) is 0 Å². The highest BCUT2D eigenvalue weighted by molar-refractivity contribution is 5.98. The molecule has 3 aromatic rings. The molecule has 0 bridgehead atoms. The number of nitro benzene ring substituents is 1. The predicted molar refractivity (Wildman–Crippen MR) is 117 cm³/mol. The summed E-state index contributed by atoms with van der Waals surface area (Å²) in [5.74, 6) is -0.295. The number of carbonyl (C=O) groups excluding carboxylic acids is 2. The molecule has 160 valence electrons. The Labute approximate surface area is 178 Å². The van der Waals surface area contributed by atoms with Crippen LogP contribution in [0.3, 0.4) is 0 Å². The topological polar surface area (TPSA) is 112 Å². The molecule has 1 fully saturated rings. The molecule has 0 radical (unpaired) electrons. The maximum absolute atomic E-state index is 12.8. The number of aromatic nitrogens is 1. The maximum Gasteiger partial charge on any atom is 0.292 e. The lowest BCUT2D eigenvalue weighted by Crippen LogP contribution is -2.49. The third-order valence-corrected chi connectivity index (χ3v) is 5.45. The number of carbonyl (C=O) groups is 2. The van der Waals surface area contributed by atoms with Crippen molar-refractivity contribution >= 4 is 34.1 Å². The fraction of sp³-hybridized carbons (Fsp3) is 0.273. The second-order valence-electron chi connectivity index (χ2n) is 7.48. The second kappa shape index (κ2) is 8.97. The van der Waals surface area contributed by atoms with Gasteiger partial charge in [-0.15, -0.1) is 0 Å². The van der Waals surface area contributed by atoms with Crippen molar-refractivity contribution < 1.29 is 14.5 Å². The summed E-state index contributed by atoms with van der Waals surface area (Å²) in [7, 11) is 0. The van der Waals surface area contributed by atoms with Crippen molar-refractivity contribution in [1.82, 2.24) is 14.8 Å². The zero-order chi connectivity index (χ0) is 21.8. The van der Waals surface area contributed by atoms with Gasteiger partial charge in [-0.05, 0) is 18.2 Å². The van der Waals surface area contributed by atoms with E-state index in [0.717, 1.165) is 10.9 Å². The normalized spacial score (nSPS) is 14.5. The molecule has 2 heterocycles. The zero-order valence-corrected chi connectivity index (χ0v) is 16.9. The average molecular weight is 421 g/mol. The Morgan fingerprint density at radius 3 is 2.48 bits per heavy atom. The van der Waals surface area contributed by atoms with Gasteiger partial charge < -0.3 is 15.2 Å². The standard InChI is InChI=1S/C22H23N5O4/c28-21(24-18-7-3-4-8-20(18)27(30)31)9-10-25-11-13-26(14-12-25)22(29)19-15-16-5-1-2-6-17(16)23-19/h1-8,15,23H,9-14H2,(H,24,28). The van der Waals surface area contributed by atoms with Crippen LogP contribution in [0.4, 0.5) is 11.4 Å². The number of para-hydroxylation sites is 3. The van der Waals surface area contributed by atoms with Crippen LogP contribution in [0.1, 0.15) is 16.9 Å². The molecule has 0 saturated carbocycles. The van der Waals surface area contributed by atoms with E-state index < -0.39 is 4.92 Å². The van der Waals surface area contributed by atoms with Crippen molar-refractivity contribution in [3.05, 3.63) is 70.4 Å². The van der Waals surface area contributed by atoms with E-state index in [0.29, 0.717) is 38.4 Å². The quantitative estimate of drug-likeness (QED) is 0.470. The number of nitro groups is 1. The van der Waals surface area contributed by atoms with E-state index in [1.54, 1.807) is 12.1 Å². The lowest BCUT2D eigenvalue weighted by Gasteiger charge is -2.34. The SMILES string of the molecule is O=C(CCN1CCN(C(=O)c2cc3ccccc3[nH]2)CC1)Nc1ccccc1[N+](=O)[O-]. The monoisotopic (exact) mass is 421 g/mol. The van der Waals surface area contributed by atoms with E-state index in [1.165, 1.54) is 12.1 Å². The molecule has 2 N–H and O–H groups in total. The second-order valence-corrected chi connectivity index (χ2v) is 7.48. The van der Waals surface area contributed by atoms with Crippen molar-refractivity contribution in [2.24, 2.45) is 0 Å². The number of aromatic amines is 1. The van der Waals surface area contributed by atoms with Gasteiger partial charge in [-0.2, -0.15) is 0 Å². The molecule has 0 atom stereocenters. The Morgan fingerprint density at radius 2 is 1.74 bits per heavy atom. The van der Waals surface area contributed by atoms with Crippen molar-refractivity contribution in [2.45, 2.75) is 6.42 Å². The van der Waals surface area contributed by atoms with Crippen LogP contribution in [0.25, 0.3) is 10.9 Å². The average Bonchev–Trinajstić information content (AvgIpc) is 3.22. The minimum atomic E-state index is -0.515. The van der Waals surface area contributed by atoms with Crippen molar-refractivity contribution in [1.29, 1.82) is 0 Å². The molecule has 31 heavy (non-hydrogen) atoms. The zero-order valence-electron chi connectivity index (χ0n) is 16.9. The van der Waals surface area contributed by atoms with Gasteiger partial charge in [0.1, 0.15) is 11.4 Å². The van der Waals surface area contributed by atoms with E-state index in [2.05, 4.69) is 15.2 Å². The van der Waals surface area contributed by atoms with Gasteiger partial charge in [-0.1, -0.05) is 30.3 Å². The van der Waals surface area contributed by atoms with Crippen LogP contribution in [0.5, 0.6) is 0 Å². The number of nitrogens with zero attached hydrogens (tertiary/aromatic N) is 3. The number of H-pyrrole nitrogens is 1. The molecular formula is C22H23N5O4. The Hall–Kier alpha value is -3.72. The molecule has 2 amide bonds. The first kappa shape index (κ1) is 20.5. The summed E-state index contributed by atoms with van der Waals surface area (Å²) in [6, 6.07) is 15.7. The van der Waals surface area contributed by atoms with Crippen molar-refractivity contribution in [3.8, 4) is 0 Å². The molecule has 9 heteroatoms. The number of anilines is 1. The van der Waals surface area contributed by atoms with Crippen LogP contribution in [0.2, 0.25) is 0 Å². The van der Waals surface area contributed by atoms with E-state index in [-0.39, 0.29) is 29.6 Å². The molecular weight excluding hydrogens is 398 g/mol. The highest BCUT2D eigenvalue weighted by Crippen LogP contribution is 2.23. The summed E-state index contributed by atoms with van der Waals surface area (Å²) in [5, 5.41) is 14.7. The first-order chi connectivity index (χ1) is 15.0. The highest BCUT2D eigenvalue weighted by atomic mass is 16.6. The molecule has 0 unspecified atom stereocenters. The third-order valence-electron chi connectivity index (χ3n) is 5.45. The summed E-state index contributed by atoms with van der Waals surface area (Å²) < 4.78 is 0. The largest absolute Gasteiger partial charge is 0.351 e. The summed E-state index contributed by atoms with van der Waals surface area (Å²) in [4.78, 5) is 42.7. The van der Waals surface area contributed by atoms with E-state index in [4.69, 9.17) is 0 Å². The molecule has 1 aliphatic heterocycles. The molecule has 1 aliphatic rings. The van der Waals surface area contributed by atoms with Gasteiger partial charge in [0, 0.05) is 56.1 Å². The van der Waals surface area contributed by atoms with E-state index >= 15 is 0 Å². The fourth-order valence-electron chi connectivity index (χ4n) is 3.74. The number of amides is 2. The number of rotatable bonds is 6. The summed E-state index contributed by atoms with van der Waals surface area (Å²) >= 11 is 0.